The molecule has 0 spiro atoms. The van der Waals surface area contributed by atoms with Crippen molar-refractivity contribution in [2.75, 3.05) is 17.3 Å². The molecule has 8 heteroatoms. The van der Waals surface area contributed by atoms with Gasteiger partial charge in [-0.2, -0.15) is 0 Å². The summed E-state index contributed by atoms with van der Waals surface area (Å²) in [4.78, 5) is 18.2. The fourth-order valence-electron chi connectivity index (χ4n) is 4.53. The van der Waals surface area contributed by atoms with Crippen molar-refractivity contribution in [1.82, 2.24) is 14.9 Å². The zero-order valence-electron chi connectivity index (χ0n) is 19.4. The first-order valence-corrected chi connectivity index (χ1v) is 11.7. The summed E-state index contributed by atoms with van der Waals surface area (Å²) in [5.41, 5.74) is 4.50. The second-order valence-electron chi connectivity index (χ2n) is 8.20. The highest BCUT2D eigenvalue weighted by Gasteiger charge is 2.42. The van der Waals surface area contributed by atoms with E-state index in [0.717, 1.165) is 34.2 Å². The van der Waals surface area contributed by atoms with Crippen molar-refractivity contribution in [2.45, 2.75) is 19.0 Å². The van der Waals surface area contributed by atoms with Crippen LogP contribution < -0.4 is 20.3 Å². The number of anilines is 2. The number of amides is 1. The molecular weight excluding hydrogens is 458 g/mol. The number of para-hydroxylation sites is 2. The molecule has 2 atom stereocenters. The first kappa shape index (κ1) is 22.6. The first-order valence-electron chi connectivity index (χ1n) is 11.3. The number of hydrogen-bond donors (Lipinski definition) is 2. The van der Waals surface area contributed by atoms with Gasteiger partial charge in [0.05, 0.1) is 24.5 Å². The Morgan fingerprint density at radius 2 is 1.80 bits per heavy atom. The predicted molar refractivity (Wildman–Crippen MR) is 141 cm³/mol. The van der Waals surface area contributed by atoms with Gasteiger partial charge in [-0.1, -0.05) is 18.2 Å². The number of aromatic nitrogens is 2. The molecule has 0 saturated carbocycles. The molecule has 1 saturated heterocycles. The summed E-state index contributed by atoms with van der Waals surface area (Å²) in [6.07, 6.45) is 3.82. The van der Waals surface area contributed by atoms with Crippen LogP contribution in [0.4, 0.5) is 11.4 Å². The number of rotatable bonds is 6. The molecule has 5 rings (SSSR count). The third-order valence-electron chi connectivity index (χ3n) is 5.99. The van der Waals surface area contributed by atoms with Crippen LogP contribution in [0.2, 0.25) is 0 Å². The molecule has 0 unspecified atom stereocenters. The van der Waals surface area contributed by atoms with E-state index in [9.17, 15) is 4.79 Å². The van der Waals surface area contributed by atoms with Gasteiger partial charge in [-0.05, 0) is 72.9 Å². The molecule has 2 aromatic heterocycles. The fourth-order valence-corrected chi connectivity index (χ4v) is 4.87. The molecule has 2 N–H and O–H groups in total. The number of thiocarbonyl (C=S) groups is 1. The number of carbonyl (C=O) groups excluding carboxylic acids is 1. The van der Waals surface area contributed by atoms with Crippen LogP contribution >= 0.6 is 12.2 Å². The Bertz CT molecular complexity index is 1350. The highest BCUT2D eigenvalue weighted by atomic mass is 32.1. The second kappa shape index (κ2) is 9.60. The molecule has 3 heterocycles. The van der Waals surface area contributed by atoms with E-state index in [0.29, 0.717) is 5.11 Å². The van der Waals surface area contributed by atoms with Gasteiger partial charge in [0.15, 0.2) is 5.11 Å². The summed E-state index contributed by atoms with van der Waals surface area (Å²) in [5.74, 6) is 0.665. The van der Waals surface area contributed by atoms with Gasteiger partial charge in [-0.15, -0.1) is 0 Å². The SMILES string of the molecule is COc1ccccc1-n1cccc1[C@H]1[C@@H](c2ccccn2)NC(=S)N1c1ccc(NC(C)=O)cc1. The lowest BCUT2D eigenvalue weighted by Crippen LogP contribution is -2.30. The standard InChI is InChI=1S/C27H25N5O2S/c1-18(33)29-19-12-14-20(15-13-19)32-26(25(30-27(32)35)21-8-5-6-16-28-21)23-10-7-17-31(23)22-9-3-4-11-24(22)34-2/h3-17,25-26H,1-2H3,(H,29,33)(H,30,35)/t25-,26+/m1/s1. The van der Waals surface area contributed by atoms with Crippen LogP contribution in [0.25, 0.3) is 5.69 Å². The quantitative estimate of drug-likeness (QED) is 0.376. The third-order valence-corrected chi connectivity index (χ3v) is 6.31. The van der Waals surface area contributed by atoms with Crippen molar-refractivity contribution in [3.63, 3.8) is 0 Å². The molecule has 1 aliphatic heterocycles. The molecule has 2 aromatic carbocycles. The largest absolute Gasteiger partial charge is 0.495 e. The summed E-state index contributed by atoms with van der Waals surface area (Å²) in [5, 5.41) is 6.91. The molecule has 0 bridgehead atoms. The number of nitrogens with one attached hydrogen (secondary N) is 2. The number of pyridine rings is 1. The Hall–Kier alpha value is -4.17. The second-order valence-corrected chi connectivity index (χ2v) is 8.59. The van der Waals surface area contributed by atoms with Gasteiger partial charge in [-0.25, -0.2) is 0 Å². The maximum Gasteiger partial charge on any atom is 0.221 e. The minimum Gasteiger partial charge on any atom is -0.495 e. The molecule has 4 aromatic rings. The highest BCUT2D eigenvalue weighted by molar-refractivity contribution is 7.80. The maximum atomic E-state index is 11.5. The average Bonchev–Trinajstić information content (AvgIpc) is 3.49. The Labute approximate surface area is 209 Å². The minimum absolute atomic E-state index is 0.112. The van der Waals surface area contributed by atoms with Crippen molar-refractivity contribution in [1.29, 1.82) is 0 Å². The van der Waals surface area contributed by atoms with Gasteiger partial charge in [0.1, 0.15) is 11.8 Å². The predicted octanol–water partition coefficient (Wildman–Crippen LogP) is 5.02. The Kier molecular flexibility index (Phi) is 6.20. The Morgan fingerprint density at radius 3 is 2.51 bits per heavy atom. The number of benzene rings is 2. The minimum atomic E-state index is -0.191. The van der Waals surface area contributed by atoms with Crippen LogP contribution in [0.3, 0.4) is 0 Å². The molecular formula is C27H25N5O2S. The molecule has 1 fully saturated rings. The van der Waals surface area contributed by atoms with Gasteiger partial charge in [0, 0.05) is 36.4 Å². The van der Waals surface area contributed by atoms with E-state index in [4.69, 9.17) is 17.0 Å². The van der Waals surface area contributed by atoms with Gasteiger partial charge >= 0.3 is 0 Å². The van der Waals surface area contributed by atoms with Crippen LogP contribution in [-0.4, -0.2) is 27.7 Å². The molecule has 0 radical (unpaired) electrons. The topological polar surface area (TPSA) is 71.4 Å². The van der Waals surface area contributed by atoms with E-state index in [1.165, 1.54) is 6.92 Å². The normalized spacial score (nSPS) is 17.2. The van der Waals surface area contributed by atoms with Crippen LogP contribution in [0.5, 0.6) is 5.75 Å². The Morgan fingerprint density at radius 1 is 1.03 bits per heavy atom. The van der Waals surface area contributed by atoms with Gasteiger partial charge in [0.25, 0.3) is 0 Å². The number of nitrogens with zero attached hydrogens (tertiary/aromatic N) is 3. The number of methoxy groups -OCH3 is 1. The number of ether oxygens (including phenoxy) is 1. The van der Waals surface area contributed by atoms with Gasteiger partial charge in [0.2, 0.25) is 5.91 Å². The highest BCUT2D eigenvalue weighted by Crippen LogP contribution is 2.43. The monoisotopic (exact) mass is 483 g/mol. The molecule has 1 aliphatic rings. The molecule has 0 aliphatic carbocycles. The van der Waals surface area contributed by atoms with Crippen molar-refractivity contribution < 1.29 is 9.53 Å². The zero-order valence-corrected chi connectivity index (χ0v) is 20.2. The summed E-state index contributed by atoms with van der Waals surface area (Å²) >= 11 is 5.85. The Balaban J connectivity index is 1.63. The molecule has 176 valence electrons. The van der Waals surface area contributed by atoms with E-state index < -0.39 is 0 Å². The van der Waals surface area contributed by atoms with Crippen LogP contribution in [0, 0.1) is 0 Å². The van der Waals surface area contributed by atoms with E-state index in [1.807, 2.05) is 79.0 Å². The summed E-state index contributed by atoms with van der Waals surface area (Å²) in [7, 11) is 1.67. The lowest BCUT2D eigenvalue weighted by Gasteiger charge is -2.29. The van der Waals surface area contributed by atoms with Crippen molar-refractivity contribution in [3.05, 3.63) is 103 Å². The average molecular weight is 484 g/mol. The van der Waals surface area contributed by atoms with Crippen LogP contribution in [-0.2, 0) is 4.79 Å². The maximum absolute atomic E-state index is 11.5. The molecule has 35 heavy (non-hydrogen) atoms. The first-order chi connectivity index (χ1) is 17.1. The molecule has 7 nitrogen and oxygen atoms in total. The summed E-state index contributed by atoms with van der Waals surface area (Å²) in [6.45, 7) is 1.49. The lowest BCUT2D eigenvalue weighted by molar-refractivity contribution is -0.114. The van der Waals surface area contributed by atoms with Crippen molar-refractivity contribution in [2.24, 2.45) is 0 Å². The van der Waals surface area contributed by atoms with Crippen LogP contribution in [0.15, 0.2) is 91.3 Å². The molecule has 1 amide bonds. The van der Waals surface area contributed by atoms with Crippen LogP contribution in [0.1, 0.15) is 30.4 Å². The number of carbonyl (C=O) groups is 1. The smallest absolute Gasteiger partial charge is 0.221 e. The van der Waals surface area contributed by atoms with Gasteiger partial charge in [-0.3, -0.25) is 9.78 Å². The lowest BCUT2D eigenvalue weighted by atomic mass is 10.0. The van der Waals surface area contributed by atoms with Gasteiger partial charge < -0.3 is 24.8 Å². The zero-order chi connectivity index (χ0) is 24.4. The van der Waals surface area contributed by atoms with E-state index in [-0.39, 0.29) is 18.0 Å². The fraction of sp³-hybridized carbons (Fsp3) is 0.148. The van der Waals surface area contributed by atoms with E-state index in [2.05, 4.69) is 31.2 Å². The number of hydrogen-bond acceptors (Lipinski definition) is 4. The van der Waals surface area contributed by atoms with E-state index in [1.54, 1.807) is 13.3 Å². The summed E-state index contributed by atoms with van der Waals surface area (Å²) < 4.78 is 7.79. The van der Waals surface area contributed by atoms with E-state index >= 15 is 0 Å². The summed E-state index contributed by atoms with van der Waals surface area (Å²) in [6, 6.07) is 25.3. The van der Waals surface area contributed by atoms with Crippen molar-refractivity contribution >= 4 is 34.6 Å². The third kappa shape index (κ3) is 4.36. The van der Waals surface area contributed by atoms with Crippen molar-refractivity contribution in [3.8, 4) is 11.4 Å².